The van der Waals surface area contributed by atoms with Gasteiger partial charge in [-0.05, 0) is 46.7 Å². The minimum atomic E-state index is -0.898. The molecular weight excluding hydrogens is 451 g/mol. The van der Waals surface area contributed by atoms with Crippen LogP contribution in [-0.2, 0) is 9.53 Å². The number of carboxylic acids is 1. The van der Waals surface area contributed by atoms with Gasteiger partial charge in [0.05, 0.1) is 17.2 Å². The molecule has 0 aliphatic heterocycles. The Morgan fingerprint density at radius 2 is 1.60 bits per heavy atom. The molecule has 0 radical (unpaired) electrons. The number of nitrogens with one attached hydrogen (secondary N) is 2. The van der Waals surface area contributed by atoms with Crippen LogP contribution in [0, 0.1) is 17.7 Å². The molecule has 2 amide bonds. The molecule has 0 spiro atoms. The molecule has 3 aromatic carbocycles. The normalized spacial score (nSPS) is 17.7. The Kier molecular flexibility index (Phi) is 5.94. The highest BCUT2D eigenvalue weighted by Gasteiger charge is 2.43. The van der Waals surface area contributed by atoms with Gasteiger partial charge in [0.15, 0.2) is 5.82 Å². The molecule has 35 heavy (non-hydrogen) atoms. The Bertz CT molecular complexity index is 1280. The highest BCUT2D eigenvalue weighted by Crippen LogP contribution is 2.44. The van der Waals surface area contributed by atoms with Crippen LogP contribution in [0.1, 0.15) is 33.8 Å². The van der Waals surface area contributed by atoms with E-state index in [4.69, 9.17) is 9.84 Å². The van der Waals surface area contributed by atoms with E-state index in [1.54, 1.807) is 0 Å². The molecule has 0 aromatic heterocycles. The summed E-state index contributed by atoms with van der Waals surface area (Å²) >= 11 is 0. The van der Waals surface area contributed by atoms with Crippen LogP contribution in [0.5, 0.6) is 0 Å². The smallest absolute Gasteiger partial charge is 0.411 e. The summed E-state index contributed by atoms with van der Waals surface area (Å²) < 4.78 is 20.4. The number of fused-ring (bicyclic) bond motifs is 3. The van der Waals surface area contributed by atoms with Crippen molar-refractivity contribution in [1.29, 1.82) is 0 Å². The number of carbonyl (C=O) groups excluding carboxylic acids is 2. The third-order valence-corrected chi connectivity index (χ3v) is 6.59. The molecule has 0 saturated heterocycles. The number of aliphatic carboxylic acids is 1. The fourth-order valence-corrected chi connectivity index (χ4v) is 4.64. The van der Waals surface area contributed by atoms with E-state index in [0.717, 1.165) is 22.3 Å². The van der Waals surface area contributed by atoms with Crippen molar-refractivity contribution in [2.45, 2.75) is 12.3 Å². The predicted octanol–water partition coefficient (Wildman–Crippen LogP) is 4.64. The molecule has 178 valence electrons. The number of hydrogen-bond donors (Lipinski definition) is 3. The first-order chi connectivity index (χ1) is 16.9. The van der Waals surface area contributed by atoms with Gasteiger partial charge in [0.1, 0.15) is 6.61 Å². The van der Waals surface area contributed by atoms with Crippen molar-refractivity contribution in [3.63, 3.8) is 0 Å². The molecule has 2 aliphatic carbocycles. The first-order valence-electron chi connectivity index (χ1n) is 11.4. The van der Waals surface area contributed by atoms with Gasteiger partial charge in [-0.3, -0.25) is 14.9 Å². The third-order valence-electron chi connectivity index (χ3n) is 6.59. The summed E-state index contributed by atoms with van der Waals surface area (Å²) in [5, 5.41) is 13.9. The second-order valence-electron chi connectivity index (χ2n) is 8.77. The lowest BCUT2D eigenvalue weighted by atomic mass is 9.98. The van der Waals surface area contributed by atoms with Crippen LogP contribution >= 0.6 is 0 Å². The number of carbonyl (C=O) groups is 3. The number of ether oxygens (including phenoxy) is 1. The summed E-state index contributed by atoms with van der Waals surface area (Å²) in [6.45, 7) is 0.229. The average molecular weight is 474 g/mol. The summed E-state index contributed by atoms with van der Waals surface area (Å²) in [4.78, 5) is 35.8. The highest BCUT2D eigenvalue weighted by molar-refractivity contribution is 5.96. The Labute approximate surface area is 200 Å². The second kappa shape index (κ2) is 9.21. The third kappa shape index (κ3) is 4.47. The van der Waals surface area contributed by atoms with Gasteiger partial charge in [0.25, 0.3) is 5.91 Å². The van der Waals surface area contributed by atoms with Crippen molar-refractivity contribution in [2.24, 2.45) is 11.8 Å². The first kappa shape index (κ1) is 22.6. The molecule has 1 fully saturated rings. The van der Waals surface area contributed by atoms with E-state index in [9.17, 15) is 18.8 Å². The number of anilines is 1. The fourth-order valence-electron chi connectivity index (χ4n) is 4.64. The number of hydrogen-bond acceptors (Lipinski definition) is 4. The first-order valence-corrected chi connectivity index (χ1v) is 11.4. The van der Waals surface area contributed by atoms with Gasteiger partial charge < -0.3 is 15.2 Å². The van der Waals surface area contributed by atoms with Crippen molar-refractivity contribution in [2.75, 3.05) is 18.5 Å². The molecule has 2 unspecified atom stereocenters. The Morgan fingerprint density at radius 3 is 2.23 bits per heavy atom. The minimum absolute atomic E-state index is 0.0772. The molecule has 2 atom stereocenters. The largest absolute Gasteiger partial charge is 0.481 e. The zero-order valence-electron chi connectivity index (χ0n) is 18.7. The fraction of sp³-hybridized carbons (Fsp3) is 0.222. The van der Waals surface area contributed by atoms with Gasteiger partial charge in [0.2, 0.25) is 0 Å². The standard InChI is InChI=1S/C27H23FN2O5/c28-24-20(25(31)29-13-15-12-21(15)26(32)33)10-5-11-23(24)30-27(34)35-14-22-18-8-3-1-6-16(18)17-7-2-4-9-19(17)22/h1-11,15,21-22H,12-14H2,(H,29,31)(H,30,34)(H,32,33). The van der Waals surface area contributed by atoms with Crippen LogP contribution < -0.4 is 10.6 Å². The van der Waals surface area contributed by atoms with E-state index < -0.39 is 29.7 Å². The molecule has 8 heteroatoms. The summed E-state index contributed by atoms with van der Waals surface area (Å²) in [6, 6.07) is 20.0. The highest BCUT2D eigenvalue weighted by atomic mass is 19.1. The molecule has 7 nitrogen and oxygen atoms in total. The molecule has 0 heterocycles. The lowest BCUT2D eigenvalue weighted by Gasteiger charge is -2.15. The minimum Gasteiger partial charge on any atom is -0.481 e. The predicted molar refractivity (Wildman–Crippen MR) is 127 cm³/mol. The van der Waals surface area contributed by atoms with Crippen molar-refractivity contribution < 1.29 is 28.6 Å². The van der Waals surface area contributed by atoms with Gasteiger partial charge in [-0.25, -0.2) is 9.18 Å². The van der Waals surface area contributed by atoms with E-state index in [2.05, 4.69) is 10.6 Å². The molecule has 0 bridgehead atoms. The molecular formula is C27H23FN2O5. The summed E-state index contributed by atoms with van der Waals surface area (Å²) in [6.07, 6.45) is -0.341. The van der Waals surface area contributed by atoms with Crippen LogP contribution in [-0.4, -0.2) is 36.2 Å². The number of benzene rings is 3. The Hall–Kier alpha value is -4.20. The van der Waals surface area contributed by atoms with E-state index >= 15 is 0 Å². The Balaban J connectivity index is 1.22. The van der Waals surface area contributed by atoms with Crippen molar-refractivity contribution in [3.05, 3.63) is 89.2 Å². The maximum absolute atomic E-state index is 14.9. The summed E-state index contributed by atoms with van der Waals surface area (Å²) in [5.41, 5.74) is 3.91. The molecule has 2 aliphatic rings. The van der Waals surface area contributed by atoms with Crippen molar-refractivity contribution in [1.82, 2.24) is 5.32 Å². The second-order valence-corrected chi connectivity index (χ2v) is 8.77. The van der Waals surface area contributed by atoms with Crippen molar-refractivity contribution in [3.8, 4) is 11.1 Å². The molecule has 3 aromatic rings. The van der Waals surface area contributed by atoms with Gasteiger partial charge in [-0.1, -0.05) is 54.6 Å². The van der Waals surface area contributed by atoms with Gasteiger partial charge >= 0.3 is 12.1 Å². The number of rotatable bonds is 7. The van der Waals surface area contributed by atoms with E-state index in [1.807, 2.05) is 48.5 Å². The number of halogens is 1. The van der Waals surface area contributed by atoms with Crippen LogP contribution in [0.25, 0.3) is 11.1 Å². The summed E-state index contributed by atoms with van der Waals surface area (Å²) in [5.74, 6) is -3.21. The quantitative estimate of drug-likeness (QED) is 0.463. The van der Waals surface area contributed by atoms with Crippen LogP contribution in [0.4, 0.5) is 14.9 Å². The van der Waals surface area contributed by atoms with E-state index in [-0.39, 0.29) is 36.2 Å². The van der Waals surface area contributed by atoms with Crippen LogP contribution in [0.2, 0.25) is 0 Å². The lowest BCUT2D eigenvalue weighted by molar-refractivity contribution is -0.138. The maximum Gasteiger partial charge on any atom is 0.411 e. The van der Waals surface area contributed by atoms with Gasteiger partial charge in [-0.15, -0.1) is 0 Å². The zero-order chi connectivity index (χ0) is 24.5. The van der Waals surface area contributed by atoms with E-state index in [0.29, 0.717) is 6.42 Å². The van der Waals surface area contributed by atoms with Crippen molar-refractivity contribution >= 4 is 23.7 Å². The Morgan fingerprint density at radius 1 is 0.943 bits per heavy atom. The van der Waals surface area contributed by atoms with Crippen LogP contribution in [0.3, 0.4) is 0 Å². The van der Waals surface area contributed by atoms with E-state index in [1.165, 1.54) is 18.2 Å². The molecule has 5 rings (SSSR count). The maximum atomic E-state index is 14.9. The summed E-state index contributed by atoms with van der Waals surface area (Å²) in [7, 11) is 0. The zero-order valence-corrected chi connectivity index (χ0v) is 18.7. The van der Waals surface area contributed by atoms with Crippen LogP contribution in [0.15, 0.2) is 66.7 Å². The van der Waals surface area contributed by atoms with Gasteiger partial charge in [-0.2, -0.15) is 0 Å². The molecule has 3 N–H and O–H groups in total. The SMILES string of the molecule is O=C(Nc1cccc(C(=O)NCC2CC2C(=O)O)c1F)OCC1c2ccccc2-c2ccccc21. The monoisotopic (exact) mass is 474 g/mol. The average Bonchev–Trinajstić information content (AvgIpc) is 3.58. The van der Waals surface area contributed by atoms with Gasteiger partial charge in [0, 0.05) is 12.5 Å². The number of amides is 2. The lowest BCUT2D eigenvalue weighted by Crippen LogP contribution is -2.28. The molecule has 1 saturated carbocycles. The number of carboxylic acid groups (broad SMARTS) is 1. The topological polar surface area (TPSA) is 105 Å².